The van der Waals surface area contributed by atoms with Crippen LogP contribution in [0.3, 0.4) is 0 Å². The zero-order chi connectivity index (χ0) is 30.2. The summed E-state index contributed by atoms with van der Waals surface area (Å²) in [4.78, 5) is 8.92. The van der Waals surface area contributed by atoms with Gasteiger partial charge in [0.05, 0.1) is 24.2 Å². The van der Waals surface area contributed by atoms with Gasteiger partial charge in [0.1, 0.15) is 0 Å². The Morgan fingerprint density at radius 2 is 1.67 bits per heavy atom. The molecule has 1 atom stereocenters. The Labute approximate surface area is 238 Å². The number of aryl methyl sites for hydroxylation is 3. The number of halogens is 6. The Balaban J connectivity index is 1.64. The molecule has 0 spiro atoms. The van der Waals surface area contributed by atoms with Crippen LogP contribution in [0.4, 0.5) is 38.0 Å². The summed E-state index contributed by atoms with van der Waals surface area (Å²) in [6.07, 6.45) is -4.74. The number of fused-ring (bicyclic) bond motifs is 1. The smallest absolute Gasteiger partial charge is 0.367 e. The molecule has 0 saturated carbocycles. The van der Waals surface area contributed by atoms with E-state index in [1.165, 1.54) is 23.9 Å². The van der Waals surface area contributed by atoms with Crippen molar-refractivity contribution in [2.24, 2.45) is 7.05 Å². The molecule has 2 aromatic heterocycles. The lowest BCUT2D eigenvalue weighted by molar-refractivity contribution is -0.138. The lowest BCUT2D eigenvalue weighted by Gasteiger charge is -2.33. The van der Waals surface area contributed by atoms with Crippen molar-refractivity contribution in [1.82, 2.24) is 25.2 Å². The van der Waals surface area contributed by atoms with Crippen LogP contribution in [-0.4, -0.2) is 31.7 Å². The highest BCUT2D eigenvalue weighted by molar-refractivity contribution is 5.62. The Morgan fingerprint density at radius 3 is 2.31 bits per heavy atom. The number of aromatic nitrogens is 5. The number of alkyl halides is 6. The molecule has 222 valence electrons. The molecular weight excluding hydrogens is 560 g/mol. The lowest BCUT2D eigenvalue weighted by Crippen LogP contribution is -2.30. The quantitative estimate of drug-likeness (QED) is 0.231. The molecule has 0 radical (unpaired) electrons. The maximum Gasteiger partial charge on any atom is 0.416 e. The highest BCUT2D eigenvalue weighted by Gasteiger charge is 2.37. The predicted molar refractivity (Wildman–Crippen MR) is 145 cm³/mol. The predicted octanol–water partition coefficient (Wildman–Crippen LogP) is 6.81. The lowest BCUT2D eigenvalue weighted by atomic mass is 9.94. The van der Waals surface area contributed by atoms with Gasteiger partial charge < -0.3 is 9.80 Å². The summed E-state index contributed by atoms with van der Waals surface area (Å²) in [5.74, 6) is 0.170. The first-order valence-corrected chi connectivity index (χ1v) is 13.3. The summed E-state index contributed by atoms with van der Waals surface area (Å²) in [5.41, 5.74) is 1.25. The fraction of sp³-hybridized carbons (Fsp3) is 0.379. The SMILES string of the molecule is Cc1cc(CN(c2nnn(C)n2)[C@H]2CCCN(Cc3ccncc3)c3cc(C(F)(F)F)c(C)cc32)cc(C(F)(F)F)c1. The first-order valence-electron chi connectivity index (χ1n) is 13.3. The Kier molecular flexibility index (Phi) is 7.86. The van der Waals surface area contributed by atoms with Crippen LogP contribution in [0.25, 0.3) is 0 Å². The molecule has 0 amide bonds. The van der Waals surface area contributed by atoms with Gasteiger partial charge in [-0.25, -0.2) is 0 Å². The summed E-state index contributed by atoms with van der Waals surface area (Å²) in [6, 6.07) is 9.62. The second kappa shape index (κ2) is 11.3. The van der Waals surface area contributed by atoms with E-state index in [9.17, 15) is 26.3 Å². The molecule has 42 heavy (non-hydrogen) atoms. The van der Waals surface area contributed by atoms with Crippen LogP contribution < -0.4 is 9.80 Å². The van der Waals surface area contributed by atoms with E-state index in [0.717, 1.165) is 17.7 Å². The molecule has 4 aromatic rings. The summed E-state index contributed by atoms with van der Waals surface area (Å²) >= 11 is 0. The zero-order valence-electron chi connectivity index (χ0n) is 23.2. The van der Waals surface area contributed by atoms with Gasteiger partial charge in [-0.1, -0.05) is 22.8 Å². The van der Waals surface area contributed by atoms with Gasteiger partial charge in [-0.15, -0.1) is 5.10 Å². The van der Waals surface area contributed by atoms with E-state index >= 15 is 0 Å². The molecule has 7 nitrogen and oxygen atoms in total. The third-order valence-electron chi connectivity index (χ3n) is 7.36. The number of rotatable bonds is 6. The van der Waals surface area contributed by atoms with Crippen molar-refractivity contribution in [2.75, 3.05) is 16.3 Å². The zero-order valence-corrected chi connectivity index (χ0v) is 23.2. The van der Waals surface area contributed by atoms with Crippen molar-refractivity contribution in [3.63, 3.8) is 0 Å². The molecule has 0 unspecified atom stereocenters. The molecule has 5 rings (SSSR count). The van der Waals surface area contributed by atoms with Crippen LogP contribution in [-0.2, 0) is 32.5 Å². The maximum atomic E-state index is 14.1. The number of anilines is 2. The largest absolute Gasteiger partial charge is 0.416 e. The van der Waals surface area contributed by atoms with E-state index < -0.39 is 29.5 Å². The van der Waals surface area contributed by atoms with E-state index in [2.05, 4.69) is 20.4 Å². The van der Waals surface area contributed by atoms with Gasteiger partial charge in [0.15, 0.2) is 0 Å². The van der Waals surface area contributed by atoms with Crippen LogP contribution in [0, 0.1) is 13.8 Å². The summed E-state index contributed by atoms with van der Waals surface area (Å²) in [7, 11) is 1.57. The molecule has 1 aliphatic rings. The monoisotopic (exact) mass is 589 g/mol. The summed E-state index contributed by atoms with van der Waals surface area (Å²) < 4.78 is 83.3. The first kappa shape index (κ1) is 29.3. The minimum atomic E-state index is -4.56. The number of tetrazole rings is 1. The summed E-state index contributed by atoms with van der Waals surface area (Å²) in [6.45, 7) is 3.82. The Hall–Kier alpha value is -4.16. The van der Waals surface area contributed by atoms with Crippen molar-refractivity contribution >= 4 is 11.6 Å². The van der Waals surface area contributed by atoms with Gasteiger partial charge in [-0.05, 0) is 84.5 Å². The van der Waals surface area contributed by atoms with E-state index in [4.69, 9.17) is 0 Å². The normalized spacial score (nSPS) is 15.8. The Morgan fingerprint density at radius 1 is 0.929 bits per heavy atom. The number of nitrogens with zero attached hydrogens (tertiary/aromatic N) is 7. The van der Waals surface area contributed by atoms with E-state index in [-0.39, 0.29) is 18.1 Å². The average Bonchev–Trinajstić information content (AvgIpc) is 3.26. The fourth-order valence-corrected chi connectivity index (χ4v) is 5.54. The topological polar surface area (TPSA) is 63.0 Å². The second-order valence-electron chi connectivity index (χ2n) is 10.6. The minimum Gasteiger partial charge on any atom is -0.367 e. The number of hydrogen-bond donors (Lipinski definition) is 0. The molecular formula is C29H29F6N7. The molecule has 2 aromatic carbocycles. The van der Waals surface area contributed by atoms with E-state index in [1.54, 1.807) is 37.3 Å². The number of benzene rings is 2. The molecule has 13 heteroatoms. The van der Waals surface area contributed by atoms with Crippen molar-refractivity contribution < 1.29 is 26.3 Å². The fourth-order valence-electron chi connectivity index (χ4n) is 5.54. The molecule has 0 N–H and O–H groups in total. The van der Waals surface area contributed by atoms with Crippen LogP contribution in [0.2, 0.25) is 0 Å². The number of pyridine rings is 1. The first-order chi connectivity index (χ1) is 19.8. The Bertz CT molecular complexity index is 1550. The summed E-state index contributed by atoms with van der Waals surface area (Å²) in [5, 5.41) is 12.4. The van der Waals surface area contributed by atoms with Gasteiger partial charge in [-0.3, -0.25) is 4.98 Å². The van der Waals surface area contributed by atoms with Crippen molar-refractivity contribution in [1.29, 1.82) is 0 Å². The number of hydrogen-bond acceptors (Lipinski definition) is 6. The molecule has 0 aliphatic carbocycles. The van der Waals surface area contributed by atoms with Gasteiger partial charge >= 0.3 is 12.4 Å². The molecule has 1 aliphatic heterocycles. The van der Waals surface area contributed by atoms with Crippen LogP contribution >= 0.6 is 0 Å². The molecule has 3 heterocycles. The van der Waals surface area contributed by atoms with Crippen molar-refractivity contribution in [3.8, 4) is 0 Å². The molecule has 0 saturated heterocycles. The van der Waals surface area contributed by atoms with Gasteiger partial charge in [0, 0.05) is 37.7 Å². The van der Waals surface area contributed by atoms with Crippen LogP contribution in [0.5, 0.6) is 0 Å². The van der Waals surface area contributed by atoms with E-state index in [1.807, 2.05) is 17.0 Å². The molecule has 0 bridgehead atoms. The van der Waals surface area contributed by atoms with E-state index in [0.29, 0.717) is 48.3 Å². The third kappa shape index (κ3) is 6.34. The van der Waals surface area contributed by atoms with Gasteiger partial charge in [0.25, 0.3) is 5.95 Å². The second-order valence-corrected chi connectivity index (χ2v) is 10.6. The van der Waals surface area contributed by atoms with Crippen LogP contribution in [0.15, 0.2) is 54.9 Å². The van der Waals surface area contributed by atoms with Crippen LogP contribution in [0.1, 0.15) is 57.8 Å². The van der Waals surface area contributed by atoms with Gasteiger partial charge in [0.2, 0.25) is 0 Å². The highest BCUT2D eigenvalue weighted by atomic mass is 19.4. The minimum absolute atomic E-state index is 0.00894. The standard InChI is InChI=1S/C29H29F6N7/c1-18-11-21(14-22(12-18)28(30,31)32)17-42(27-37-39-40(3)38-27)25-5-4-10-41(16-20-6-8-36-9-7-20)26-15-24(29(33,34)35)19(2)13-23(25)26/h6-9,11-15,25H,4-5,10,16-17H2,1-3H3/t25-/m0/s1. The third-order valence-corrected chi connectivity index (χ3v) is 7.36. The maximum absolute atomic E-state index is 14.1. The average molecular weight is 590 g/mol. The van der Waals surface area contributed by atoms with Crippen molar-refractivity contribution in [2.45, 2.75) is 58.2 Å². The highest BCUT2D eigenvalue weighted by Crippen LogP contribution is 2.44. The van der Waals surface area contributed by atoms with Crippen molar-refractivity contribution in [3.05, 3.63) is 93.8 Å². The van der Waals surface area contributed by atoms with Gasteiger partial charge in [-0.2, -0.15) is 31.1 Å². The molecule has 0 fully saturated rings.